The molecule has 0 unspecified atom stereocenters. The molecule has 1 saturated heterocycles. The molecule has 2 rings (SSSR count). The van der Waals surface area contributed by atoms with E-state index in [1.54, 1.807) is 0 Å². The monoisotopic (exact) mass is 352 g/mol. The average Bonchev–Trinajstić information content (AvgIpc) is 2.44. The molecule has 0 radical (unpaired) electrons. The number of hydrogen-bond acceptors (Lipinski definition) is 5. The minimum Gasteiger partial charge on any atom is -0.462 e. The number of hydrogen-bond donors (Lipinski definition) is 0. The lowest BCUT2D eigenvalue weighted by molar-refractivity contribution is 0.0185. The Kier molecular flexibility index (Phi) is 5.48. The molecule has 1 aliphatic rings. The van der Waals surface area contributed by atoms with E-state index in [9.17, 15) is 13.2 Å². The van der Waals surface area contributed by atoms with Crippen LogP contribution in [0.3, 0.4) is 0 Å². The van der Waals surface area contributed by atoms with Gasteiger partial charge in [0.25, 0.3) is 9.05 Å². The van der Waals surface area contributed by atoms with Crippen molar-refractivity contribution >= 4 is 37.3 Å². The largest absolute Gasteiger partial charge is 0.462 e. The zero-order valence-corrected chi connectivity index (χ0v) is 13.4. The molecule has 8 heteroatoms. The third-order valence-corrected chi connectivity index (χ3v) is 4.73. The SMILES string of the molecule is O=C(OCC1CCOCC1)c1cc(Cl)cc(S(=O)(=O)Cl)c1. The Bertz CT molecular complexity index is 623. The second-order valence-electron chi connectivity index (χ2n) is 4.77. The average molecular weight is 353 g/mol. The molecule has 0 spiro atoms. The second kappa shape index (κ2) is 6.96. The third-order valence-electron chi connectivity index (χ3n) is 3.18. The number of benzene rings is 1. The van der Waals surface area contributed by atoms with Crippen LogP contribution >= 0.6 is 22.3 Å². The van der Waals surface area contributed by atoms with Gasteiger partial charge in [0.05, 0.1) is 17.1 Å². The van der Waals surface area contributed by atoms with Crippen molar-refractivity contribution in [2.75, 3.05) is 19.8 Å². The maximum atomic E-state index is 12.0. The van der Waals surface area contributed by atoms with Gasteiger partial charge in [-0.1, -0.05) is 11.6 Å². The van der Waals surface area contributed by atoms with Crippen LogP contribution in [-0.4, -0.2) is 34.2 Å². The molecule has 21 heavy (non-hydrogen) atoms. The summed E-state index contributed by atoms with van der Waals surface area (Å²) in [4.78, 5) is 11.7. The van der Waals surface area contributed by atoms with Gasteiger partial charge in [0.1, 0.15) is 0 Å². The second-order valence-corrected chi connectivity index (χ2v) is 7.77. The molecule has 1 aliphatic heterocycles. The smallest absolute Gasteiger partial charge is 0.338 e. The van der Waals surface area contributed by atoms with Crippen LogP contribution in [-0.2, 0) is 18.5 Å². The Hall–Kier alpha value is -0.820. The molecule has 1 heterocycles. The first-order valence-corrected chi connectivity index (χ1v) is 9.05. The minimum atomic E-state index is -3.95. The van der Waals surface area contributed by atoms with Gasteiger partial charge in [0.15, 0.2) is 0 Å². The quantitative estimate of drug-likeness (QED) is 0.615. The van der Waals surface area contributed by atoms with Crippen molar-refractivity contribution in [1.29, 1.82) is 0 Å². The molecule has 1 aromatic carbocycles. The topological polar surface area (TPSA) is 69.7 Å². The summed E-state index contributed by atoms with van der Waals surface area (Å²) in [6, 6.07) is 3.68. The summed E-state index contributed by atoms with van der Waals surface area (Å²) in [7, 11) is 1.30. The molecule has 0 bridgehead atoms. The van der Waals surface area contributed by atoms with Gasteiger partial charge in [-0.25, -0.2) is 13.2 Å². The van der Waals surface area contributed by atoms with Crippen molar-refractivity contribution in [2.24, 2.45) is 5.92 Å². The zero-order chi connectivity index (χ0) is 15.5. The van der Waals surface area contributed by atoms with Crippen LogP contribution in [0.15, 0.2) is 23.1 Å². The molecular weight excluding hydrogens is 339 g/mol. The van der Waals surface area contributed by atoms with Crippen LogP contribution in [0.5, 0.6) is 0 Å². The molecule has 0 saturated carbocycles. The van der Waals surface area contributed by atoms with Gasteiger partial charge >= 0.3 is 5.97 Å². The third kappa shape index (κ3) is 4.85. The summed E-state index contributed by atoms with van der Waals surface area (Å²) < 4.78 is 33.0. The van der Waals surface area contributed by atoms with E-state index in [0.717, 1.165) is 18.9 Å². The Morgan fingerprint density at radius 3 is 2.57 bits per heavy atom. The van der Waals surface area contributed by atoms with Gasteiger partial charge in [-0.15, -0.1) is 0 Å². The molecule has 0 aromatic heterocycles. The number of carbonyl (C=O) groups excluding carboxylic acids is 1. The lowest BCUT2D eigenvalue weighted by Crippen LogP contribution is -2.22. The first kappa shape index (κ1) is 16.5. The molecule has 116 valence electrons. The molecule has 5 nitrogen and oxygen atoms in total. The van der Waals surface area contributed by atoms with Gasteiger partial charge in [0, 0.05) is 28.9 Å². The molecule has 0 N–H and O–H groups in total. The lowest BCUT2D eigenvalue weighted by atomic mass is 10.0. The van der Waals surface area contributed by atoms with Crippen molar-refractivity contribution < 1.29 is 22.7 Å². The van der Waals surface area contributed by atoms with Crippen LogP contribution in [0, 0.1) is 5.92 Å². The molecular formula is C13H14Cl2O5S. The number of carbonyl (C=O) groups is 1. The Balaban J connectivity index is 2.06. The zero-order valence-electron chi connectivity index (χ0n) is 11.1. The van der Waals surface area contributed by atoms with Crippen molar-refractivity contribution in [3.8, 4) is 0 Å². The lowest BCUT2D eigenvalue weighted by Gasteiger charge is -2.21. The highest BCUT2D eigenvalue weighted by atomic mass is 35.7. The van der Waals surface area contributed by atoms with Gasteiger partial charge < -0.3 is 9.47 Å². The molecule has 1 aromatic rings. The van der Waals surface area contributed by atoms with Gasteiger partial charge in [-0.3, -0.25) is 0 Å². The molecule has 0 aliphatic carbocycles. The highest BCUT2D eigenvalue weighted by molar-refractivity contribution is 8.13. The van der Waals surface area contributed by atoms with Crippen LogP contribution in [0.4, 0.5) is 0 Å². The van der Waals surface area contributed by atoms with Crippen molar-refractivity contribution in [2.45, 2.75) is 17.7 Å². The predicted molar refractivity (Wildman–Crippen MR) is 78.3 cm³/mol. The molecule has 0 atom stereocenters. The van der Waals surface area contributed by atoms with E-state index in [1.807, 2.05) is 0 Å². The highest BCUT2D eigenvalue weighted by Crippen LogP contribution is 2.23. The van der Waals surface area contributed by atoms with Crippen molar-refractivity contribution in [1.82, 2.24) is 0 Å². The van der Waals surface area contributed by atoms with E-state index in [-0.39, 0.29) is 28.0 Å². The fourth-order valence-corrected chi connectivity index (χ4v) is 3.11. The van der Waals surface area contributed by atoms with E-state index < -0.39 is 15.0 Å². The Labute approximate surface area is 132 Å². The van der Waals surface area contributed by atoms with Crippen molar-refractivity contribution in [3.05, 3.63) is 28.8 Å². The fraction of sp³-hybridized carbons (Fsp3) is 0.462. The standard InChI is InChI=1S/C13H14Cl2O5S/c14-11-5-10(6-12(7-11)21(15,17)18)13(16)20-8-9-1-3-19-4-2-9/h5-7,9H,1-4,8H2. The summed E-state index contributed by atoms with van der Waals surface area (Å²) in [6.07, 6.45) is 1.67. The first-order valence-electron chi connectivity index (χ1n) is 6.36. The predicted octanol–water partition coefficient (Wildman–Crippen LogP) is 2.85. The van der Waals surface area contributed by atoms with E-state index in [0.29, 0.717) is 13.2 Å². The molecule has 1 fully saturated rings. The van der Waals surface area contributed by atoms with Crippen LogP contribution in [0.1, 0.15) is 23.2 Å². The summed E-state index contributed by atoms with van der Waals surface area (Å²) in [5.74, 6) is -0.358. The summed E-state index contributed by atoms with van der Waals surface area (Å²) >= 11 is 5.80. The summed E-state index contributed by atoms with van der Waals surface area (Å²) in [5.41, 5.74) is 0.0637. The van der Waals surface area contributed by atoms with E-state index in [4.69, 9.17) is 31.8 Å². The molecule has 0 amide bonds. The van der Waals surface area contributed by atoms with E-state index >= 15 is 0 Å². The van der Waals surface area contributed by atoms with E-state index in [2.05, 4.69) is 0 Å². The normalized spacial score (nSPS) is 16.7. The summed E-state index contributed by atoms with van der Waals surface area (Å²) in [6.45, 7) is 1.60. The van der Waals surface area contributed by atoms with Crippen LogP contribution in [0.2, 0.25) is 5.02 Å². The number of esters is 1. The van der Waals surface area contributed by atoms with Crippen LogP contribution in [0.25, 0.3) is 0 Å². The Morgan fingerprint density at radius 2 is 1.95 bits per heavy atom. The minimum absolute atomic E-state index is 0.0637. The first-order chi connectivity index (χ1) is 9.86. The van der Waals surface area contributed by atoms with E-state index in [1.165, 1.54) is 12.1 Å². The van der Waals surface area contributed by atoms with Crippen LogP contribution < -0.4 is 0 Å². The number of halogens is 2. The van der Waals surface area contributed by atoms with Crippen molar-refractivity contribution in [3.63, 3.8) is 0 Å². The van der Waals surface area contributed by atoms with Gasteiger partial charge in [-0.05, 0) is 37.0 Å². The fourth-order valence-electron chi connectivity index (χ4n) is 2.01. The summed E-state index contributed by atoms with van der Waals surface area (Å²) in [5, 5.41) is 0.106. The maximum absolute atomic E-state index is 12.0. The number of ether oxygens (including phenoxy) is 2. The Morgan fingerprint density at radius 1 is 1.29 bits per heavy atom. The maximum Gasteiger partial charge on any atom is 0.338 e. The number of rotatable bonds is 4. The highest BCUT2D eigenvalue weighted by Gasteiger charge is 2.19. The van der Waals surface area contributed by atoms with Gasteiger partial charge in [0.2, 0.25) is 0 Å². The van der Waals surface area contributed by atoms with Gasteiger partial charge in [-0.2, -0.15) is 0 Å².